The summed E-state index contributed by atoms with van der Waals surface area (Å²) in [7, 11) is 0. The predicted molar refractivity (Wildman–Crippen MR) is 73.0 cm³/mol. The summed E-state index contributed by atoms with van der Waals surface area (Å²) < 4.78 is 12.8. The molecule has 0 radical (unpaired) electrons. The second kappa shape index (κ2) is 7.71. The molecule has 0 aliphatic heterocycles. The van der Waals surface area contributed by atoms with Gasteiger partial charge in [0.15, 0.2) is 0 Å². The Hall–Kier alpha value is -0.560. The summed E-state index contributed by atoms with van der Waals surface area (Å²) in [6.45, 7) is 4.50. The fourth-order valence-corrected chi connectivity index (χ4v) is 2.57. The highest BCUT2D eigenvalue weighted by molar-refractivity contribution is 6.18. The molecule has 2 heteroatoms. The monoisotopic (exact) mass is 256 g/mol. The van der Waals surface area contributed by atoms with Crippen LogP contribution in [-0.2, 0) is 6.42 Å². The molecule has 1 rings (SSSR count). The van der Waals surface area contributed by atoms with Crippen molar-refractivity contribution in [2.45, 2.75) is 39.5 Å². The first-order chi connectivity index (χ1) is 8.15. The summed E-state index contributed by atoms with van der Waals surface area (Å²) in [5.74, 6) is 1.74. The largest absolute Gasteiger partial charge is 0.207 e. The van der Waals surface area contributed by atoms with Crippen molar-refractivity contribution in [1.82, 2.24) is 0 Å². The maximum Gasteiger partial charge on any atom is 0.123 e. The standard InChI is InChI=1S/C15H22ClF/c1-3-4-12(2)9-14(11-16)10-13-5-7-15(17)8-6-13/h5-8,12,14H,3-4,9-11H2,1-2H3. The van der Waals surface area contributed by atoms with Crippen molar-refractivity contribution in [2.24, 2.45) is 11.8 Å². The zero-order chi connectivity index (χ0) is 12.7. The maximum atomic E-state index is 12.8. The molecule has 0 N–H and O–H groups in total. The minimum Gasteiger partial charge on any atom is -0.207 e. The molecule has 0 fully saturated rings. The number of halogens is 2. The van der Waals surface area contributed by atoms with Gasteiger partial charge in [0.2, 0.25) is 0 Å². The van der Waals surface area contributed by atoms with Gasteiger partial charge in [-0.2, -0.15) is 0 Å². The number of alkyl halides is 1. The third-order valence-corrected chi connectivity index (χ3v) is 3.61. The molecule has 0 heterocycles. The number of rotatable bonds is 7. The highest BCUT2D eigenvalue weighted by Crippen LogP contribution is 2.22. The van der Waals surface area contributed by atoms with Crippen LogP contribution in [0.15, 0.2) is 24.3 Å². The summed E-state index contributed by atoms with van der Waals surface area (Å²) >= 11 is 6.02. The van der Waals surface area contributed by atoms with Crippen molar-refractivity contribution >= 4 is 11.6 Å². The third-order valence-electron chi connectivity index (χ3n) is 3.17. The molecule has 0 amide bonds. The smallest absolute Gasteiger partial charge is 0.123 e. The zero-order valence-electron chi connectivity index (χ0n) is 10.8. The second-order valence-electron chi connectivity index (χ2n) is 4.98. The van der Waals surface area contributed by atoms with Crippen LogP contribution in [0.1, 0.15) is 38.7 Å². The molecule has 0 aliphatic rings. The average Bonchev–Trinajstić information content (AvgIpc) is 2.31. The number of benzene rings is 1. The van der Waals surface area contributed by atoms with Gasteiger partial charge >= 0.3 is 0 Å². The summed E-state index contributed by atoms with van der Waals surface area (Å²) in [6, 6.07) is 6.77. The van der Waals surface area contributed by atoms with Gasteiger partial charge in [0.1, 0.15) is 5.82 Å². The molecule has 0 saturated heterocycles. The Labute approximate surface area is 109 Å². The minimum absolute atomic E-state index is 0.171. The van der Waals surface area contributed by atoms with Gasteiger partial charge in [0.05, 0.1) is 0 Å². The molecule has 0 saturated carbocycles. The van der Waals surface area contributed by atoms with Crippen molar-refractivity contribution in [2.75, 3.05) is 5.88 Å². The fourth-order valence-electron chi connectivity index (χ4n) is 2.33. The Balaban J connectivity index is 2.48. The molecule has 2 atom stereocenters. The second-order valence-corrected chi connectivity index (χ2v) is 5.29. The van der Waals surface area contributed by atoms with Crippen molar-refractivity contribution in [3.8, 4) is 0 Å². The minimum atomic E-state index is -0.171. The molecule has 0 aliphatic carbocycles. The van der Waals surface area contributed by atoms with E-state index in [-0.39, 0.29) is 5.82 Å². The Bertz CT molecular complexity index is 307. The molecular formula is C15H22ClF. The summed E-state index contributed by atoms with van der Waals surface area (Å²) in [5, 5.41) is 0. The Morgan fingerprint density at radius 1 is 1.24 bits per heavy atom. The molecule has 0 aromatic heterocycles. The first-order valence-corrected chi connectivity index (χ1v) is 6.99. The van der Waals surface area contributed by atoms with Gasteiger partial charge in [-0.3, -0.25) is 0 Å². The molecular weight excluding hydrogens is 235 g/mol. The lowest BCUT2D eigenvalue weighted by Gasteiger charge is -2.18. The van der Waals surface area contributed by atoms with E-state index < -0.39 is 0 Å². The molecule has 0 spiro atoms. The Kier molecular flexibility index (Phi) is 6.57. The highest BCUT2D eigenvalue weighted by atomic mass is 35.5. The van der Waals surface area contributed by atoms with E-state index in [1.807, 2.05) is 12.1 Å². The van der Waals surface area contributed by atoms with Gasteiger partial charge in [-0.25, -0.2) is 4.39 Å². The zero-order valence-corrected chi connectivity index (χ0v) is 11.5. The number of hydrogen-bond donors (Lipinski definition) is 0. The summed E-state index contributed by atoms with van der Waals surface area (Å²) in [4.78, 5) is 0. The van der Waals surface area contributed by atoms with Gasteiger partial charge in [0, 0.05) is 5.88 Å². The molecule has 0 bridgehead atoms. The Morgan fingerprint density at radius 3 is 2.41 bits per heavy atom. The lowest BCUT2D eigenvalue weighted by molar-refractivity contribution is 0.393. The molecule has 96 valence electrons. The average molecular weight is 257 g/mol. The quantitative estimate of drug-likeness (QED) is 0.599. The lowest BCUT2D eigenvalue weighted by Crippen LogP contribution is -2.11. The number of hydrogen-bond acceptors (Lipinski definition) is 0. The lowest BCUT2D eigenvalue weighted by atomic mass is 9.89. The van der Waals surface area contributed by atoms with Crippen LogP contribution in [0.4, 0.5) is 4.39 Å². The van der Waals surface area contributed by atoms with Crippen molar-refractivity contribution in [3.63, 3.8) is 0 Å². The van der Waals surface area contributed by atoms with Crippen LogP contribution in [0.5, 0.6) is 0 Å². The SMILES string of the molecule is CCCC(C)CC(CCl)Cc1ccc(F)cc1. The maximum absolute atomic E-state index is 12.8. The van der Waals surface area contributed by atoms with Crippen LogP contribution in [0.25, 0.3) is 0 Å². The van der Waals surface area contributed by atoms with Gasteiger partial charge < -0.3 is 0 Å². The normalized spacial score (nSPS) is 14.6. The van der Waals surface area contributed by atoms with E-state index in [0.717, 1.165) is 18.8 Å². The van der Waals surface area contributed by atoms with E-state index in [9.17, 15) is 4.39 Å². The van der Waals surface area contributed by atoms with E-state index in [4.69, 9.17) is 11.6 Å². The van der Waals surface area contributed by atoms with Crippen molar-refractivity contribution in [3.05, 3.63) is 35.6 Å². The van der Waals surface area contributed by atoms with Crippen LogP contribution in [0.2, 0.25) is 0 Å². The van der Waals surface area contributed by atoms with Crippen LogP contribution in [0.3, 0.4) is 0 Å². The molecule has 1 aromatic rings. The van der Waals surface area contributed by atoms with Crippen LogP contribution >= 0.6 is 11.6 Å². The summed E-state index contributed by atoms with van der Waals surface area (Å²) in [6.07, 6.45) is 4.61. The molecule has 0 nitrogen and oxygen atoms in total. The molecule has 1 aromatic carbocycles. The van der Waals surface area contributed by atoms with Gasteiger partial charge in [0.25, 0.3) is 0 Å². The van der Waals surface area contributed by atoms with Gasteiger partial charge in [-0.05, 0) is 42.4 Å². The van der Waals surface area contributed by atoms with E-state index in [2.05, 4.69) is 13.8 Å². The van der Waals surface area contributed by atoms with Crippen molar-refractivity contribution in [1.29, 1.82) is 0 Å². The third kappa shape index (κ3) is 5.54. The predicted octanol–water partition coefficient (Wildman–Crippen LogP) is 5.05. The van der Waals surface area contributed by atoms with Gasteiger partial charge in [-0.15, -0.1) is 11.6 Å². The fraction of sp³-hybridized carbons (Fsp3) is 0.600. The highest BCUT2D eigenvalue weighted by Gasteiger charge is 2.12. The van der Waals surface area contributed by atoms with E-state index in [0.29, 0.717) is 11.8 Å². The van der Waals surface area contributed by atoms with Crippen LogP contribution in [-0.4, -0.2) is 5.88 Å². The van der Waals surface area contributed by atoms with Crippen LogP contribution < -0.4 is 0 Å². The summed E-state index contributed by atoms with van der Waals surface area (Å²) in [5.41, 5.74) is 1.18. The Morgan fingerprint density at radius 2 is 1.88 bits per heavy atom. The van der Waals surface area contributed by atoms with Gasteiger partial charge in [-0.1, -0.05) is 38.8 Å². The van der Waals surface area contributed by atoms with E-state index in [1.54, 1.807) is 0 Å². The van der Waals surface area contributed by atoms with Crippen molar-refractivity contribution < 1.29 is 4.39 Å². The molecule has 17 heavy (non-hydrogen) atoms. The first-order valence-electron chi connectivity index (χ1n) is 6.46. The topological polar surface area (TPSA) is 0 Å². The van der Waals surface area contributed by atoms with Crippen LogP contribution in [0, 0.1) is 17.7 Å². The first kappa shape index (κ1) is 14.5. The van der Waals surface area contributed by atoms with E-state index in [1.165, 1.54) is 30.5 Å². The molecule has 2 unspecified atom stereocenters. The van der Waals surface area contributed by atoms with E-state index >= 15 is 0 Å².